The molecule has 2 saturated heterocycles. The first-order valence-electron chi connectivity index (χ1n) is 8.66. The van der Waals surface area contributed by atoms with Gasteiger partial charge in [0.15, 0.2) is 9.84 Å². The molecule has 7 unspecified atom stereocenters. The Bertz CT molecular complexity index is 728. The third-order valence-corrected chi connectivity index (χ3v) is 9.01. The Kier molecular flexibility index (Phi) is 3.91. The minimum absolute atomic E-state index is 0.106. The minimum Gasteiger partial charge on any atom is -0.435 e. The number of carbonyl (C=O) groups excluding carboxylic acids is 3. The maximum Gasteiger partial charge on any atom is 0.317 e. The molecule has 0 radical (unpaired) electrons. The Morgan fingerprint density at radius 2 is 1.40 bits per heavy atom. The highest BCUT2D eigenvalue weighted by Gasteiger charge is 2.54. The van der Waals surface area contributed by atoms with Crippen LogP contribution in [0.25, 0.3) is 0 Å². The lowest BCUT2D eigenvalue weighted by Gasteiger charge is -2.34. The number of rotatable bonds is 2. The molecule has 25 heavy (non-hydrogen) atoms. The van der Waals surface area contributed by atoms with Crippen molar-refractivity contribution in [2.24, 2.45) is 23.7 Å². The van der Waals surface area contributed by atoms with Gasteiger partial charge in [0, 0.05) is 5.92 Å². The van der Waals surface area contributed by atoms with Gasteiger partial charge in [0.25, 0.3) is 0 Å². The molecule has 7 atom stereocenters. The summed E-state index contributed by atoms with van der Waals surface area (Å²) in [5.74, 6) is -3.82. The molecule has 4 rings (SSSR count). The molecule has 4 fully saturated rings. The number of hydrogen-bond donors (Lipinski definition) is 1. The van der Waals surface area contributed by atoms with Crippen LogP contribution in [0, 0.1) is 23.7 Å². The number of sulfone groups is 1. The van der Waals surface area contributed by atoms with Gasteiger partial charge in [0.1, 0.15) is 0 Å². The van der Waals surface area contributed by atoms with E-state index in [1.54, 1.807) is 0 Å². The van der Waals surface area contributed by atoms with Crippen LogP contribution in [0.15, 0.2) is 0 Å². The van der Waals surface area contributed by atoms with Crippen LogP contribution in [-0.4, -0.2) is 48.2 Å². The smallest absolute Gasteiger partial charge is 0.317 e. The van der Waals surface area contributed by atoms with E-state index < -0.39 is 62.3 Å². The van der Waals surface area contributed by atoms with Crippen LogP contribution in [0.1, 0.15) is 38.5 Å². The summed E-state index contributed by atoms with van der Waals surface area (Å²) in [5, 5.41) is 8.34. The molecule has 2 aliphatic carbocycles. The van der Waals surface area contributed by atoms with Crippen LogP contribution in [0.5, 0.6) is 0 Å². The van der Waals surface area contributed by atoms with Crippen molar-refractivity contribution in [1.82, 2.24) is 0 Å². The van der Waals surface area contributed by atoms with E-state index in [1.165, 1.54) is 0 Å². The Hall–Kier alpha value is -1.48. The molecule has 2 heterocycles. The largest absolute Gasteiger partial charge is 0.435 e. The monoisotopic (exact) mass is 372 g/mol. The minimum atomic E-state index is -3.55. The van der Waals surface area contributed by atoms with Crippen LogP contribution >= 0.6 is 0 Å². The van der Waals surface area contributed by atoms with Gasteiger partial charge >= 0.3 is 17.9 Å². The molecule has 8 nitrogen and oxygen atoms in total. The number of esters is 3. The van der Waals surface area contributed by atoms with Crippen molar-refractivity contribution in [2.75, 3.05) is 0 Å². The zero-order valence-corrected chi connectivity index (χ0v) is 14.3. The number of aliphatic hydroxyl groups is 1. The standard InChI is InChI=1S/C16H20O8S/c17-13-9-3-1-7(5-11(9)15(19)23-13)25(21,22)8-2-4-10-12(6-8)16(20)24-14(10)18/h7-13,17H,1-6H2. The summed E-state index contributed by atoms with van der Waals surface area (Å²) in [6, 6.07) is 0. The first kappa shape index (κ1) is 17.0. The molecule has 0 aromatic rings. The van der Waals surface area contributed by atoms with E-state index in [-0.39, 0.29) is 18.8 Å². The van der Waals surface area contributed by atoms with Gasteiger partial charge in [0.05, 0.1) is 28.3 Å². The molecule has 0 spiro atoms. The van der Waals surface area contributed by atoms with Crippen molar-refractivity contribution >= 4 is 27.7 Å². The Morgan fingerprint density at radius 1 is 0.800 bits per heavy atom. The summed E-state index contributed by atoms with van der Waals surface area (Å²) in [4.78, 5) is 35.2. The number of carbonyl (C=O) groups is 3. The topological polar surface area (TPSA) is 124 Å². The second-order valence-corrected chi connectivity index (χ2v) is 10.0. The van der Waals surface area contributed by atoms with Crippen molar-refractivity contribution in [2.45, 2.75) is 55.3 Å². The predicted molar refractivity (Wildman–Crippen MR) is 81.4 cm³/mol. The number of aliphatic hydroxyl groups excluding tert-OH is 1. The Balaban J connectivity index is 1.50. The molecule has 0 amide bonds. The maximum atomic E-state index is 13.0. The van der Waals surface area contributed by atoms with Crippen LogP contribution in [0.2, 0.25) is 0 Å². The molecule has 0 aromatic heterocycles. The van der Waals surface area contributed by atoms with Crippen LogP contribution < -0.4 is 0 Å². The molecule has 0 aromatic carbocycles. The number of fused-ring (bicyclic) bond motifs is 2. The van der Waals surface area contributed by atoms with Gasteiger partial charge in [-0.15, -0.1) is 0 Å². The van der Waals surface area contributed by atoms with Gasteiger partial charge in [-0.05, 0) is 38.5 Å². The molecular weight excluding hydrogens is 352 g/mol. The van der Waals surface area contributed by atoms with Gasteiger partial charge in [-0.1, -0.05) is 0 Å². The molecule has 1 N–H and O–H groups in total. The van der Waals surface area contributed by atoms with E-state index in [1.807, 2.05) is 0 Å². The fourth-order valence-corrected chi connectivity index (χ4v) is 7.28. The molecule has 4 aliphatic rings. The zero-order valence-electron chi connectivity index (χ0n) is 13.5. The SMILES string of the molecule is O=C1OC(=O)C2CC(S(=O)(=O)C3CCC4C(O)OC(=O)C4C3)CCC12. The fourth-order valence-electron chi connectivity index (χ4n) is 4.86. The van der Waals surface area contributed by atoms with Gasteiger partial charge in [-0.2, -0.15) is 0 Å². The highest BCUT2D eigenvalue weighted by molar-refractivity contribution is 7.92. The summed E-state index contributed by atoms with van der Waals surface area (Å²) >= 11 is 0. The normalized spacial score (nSPS) is 44.0. The second kappa shape index (κ2) is 5.77. The van der Waals surface area contributed by atoms with E-state index in [4.69, 9.17) is 4.74 Å². The van der Waals surface area contributed by atoms with Crippen LogP contribution in [0.4, 0.5) is 0 Å². The number of cyclic esters (lactones) is 3. The molecule has 2 aliphatic heterocycles. The van der Waals surface area contributed by atoms with Crippen molar-refractivity contribution in [3.05, 3.63) is 0 Å². The van der Waals surface area contributed by atoms with E-state index in [9.17, 15) is 27.9 Å². The quantitative estimate of drug-likeness (QED) is 0.528. The van der Waals surface area contributed by atoms with E-state index in [0.29, 0.717) is 25.7 Å². The third kappa shape index (κ3) is 2.59. The van der Waals surface area contributed by atoms with Gasteiger partial charge < -0.3 is 14.6 Å². The summed E-state index contributed by atoms with van der Waals surface area (Å²) in [6.45, 7) is 0. The Morgan fingerprint density at radius 3 is 2.12 bits per heavy atom. The maximum absolute atomic E-state index is 13.0. The molecule has 138 valence electrons. The fraction of sp³-hybridized carbons (Fsp3) is 0.812. The molecular formula is C16H20O8S. The average molecular weight is 372 g/mol. The highest BCUT2D eigenvalue weighted by atomic mass is 32.2. The zero-order chi connectivity index (χ0) is 17.9. The molecule has 0 bridgehead atoms. The summed E-state index contributed by atoms with van der Waals surface area (Å²) in [6.07, 6.45) is 0.552. The Labute approximate surface area is 144 Å². The number of hydrogen-bond acceptors (Lipinski definition) is 8. The van der Waals surface area contributed by atoms with Crippen LogP contribution in [-0.2, 0) is 33.7 Å². The molecule has 2 saturated carbocycles. The second-order valence-electron chi connectivity index (χ2n) is 7.51. The van der Waals surface area contributed by atoms with E-state index in [0.717, 1.165) is 0 Å². The third-order valence-electron chi connectivity index (χ3n) is 6.30. The average Bonchev–Trinajstić information content (AvgIpc) is 3.03. The van der Waals surface area contributed by atoms with Gasteiger partial charge in [-0.25, -0.2) is 8.42 Å². The first-order chi connectivity index (χ1) is 11.8. The van der Waals surface area contributed by atoms with E-state index >= 15 is 0 Å². The lowest BCUT2D eigenvalue weighted by molar-refractivity contribution is -0.157. The molecule has 9 heteroatoms. The van der Waals surface area contributed by atoms with Crippen molar-refractivity contribution in [3.8, 4) is 0 Å². The predicted octanol–water partition coefficient (Wildman–Crippen LogP) is -0.0704. The lowest BCUT2D eigenvalue weighted by atomic mass is 9.80. The summed E-state index contributed by atoms with van der Waals surface area (Å²) < 4.78 is 35.5. The first-order valence-corrected chi connectivity index (χ1v) is 10.3. The van der Waals surface area contributed by atoms with Crippen molar-refractivity contribution < 1.29 is 37.4 Å². The summed E-state index contributed by atoms with van der Waals surface area (Å²) in [5.41, 5.74) is 0. The highest BCUT2D eigenvalue weighted by Crippen LogP contribution is 2.45. The van der Waals surface area contributed by atoms with Crippen molar-refractivity contribution in [3.63, 3.8) is 0 Å². The summed E-state index contributed by atoms with van der Waals surface area (Å²) in [7, 11) is -3.55. The van der Waals surface area contributed by atoms with Gasteiger partial charge in [0.2, 0.25) is 6.29 Å². The van der Waals surface area contributed by atoms with Crippen molar-refractivity contribution in [1.29, 1.82) is 0 Å². The van der Waals surface area contributed by atoms with Crippen LogP contribution in [0.3, 0.4) is 0 Å². The van der Waals surface area contributed by atoms with E-state index in [2.05, 4.69) is 4.74 Å². The number of ether oxygens (including phenoxy) is 2. The lowest BCUT2D eigenvalue weighted by Crippen LogP contribution is -2.43. The van der Waals surface area contributed by atoms with Gasteiger partial charge in [-0.3, -0.25) is 14.4 Å².